The average Bonchev–Trinajstić information content (AvgIpc) is 2.70. The Hall–Kier alpha value is -2.44. The summed E-state index contributed by atoms with van der Waals surface area (Å²) in [6, 6.07) is 5.75. The molecular formula is C23H34N2O5. The van der Waals surface area contributed by atoms with Crippen LogP contribution in [-0.2, 0) is 9.53 Å². The van der Waals surface area contributed by atoms with Crippen LogP contribution in [-0.4, -0.2) is 48.8 Å². The van der Waals surface area contributed by atoms with Gasteiger partial charge in [0.2, 0.25) is 5.91 Å². The highest BCUT2D eigenvalue weighted by molar-refractivity contribution is 5.79. The monoisotopic (exact) mass is 418 g/mol. The van der Waals surface area contributed by atoms with Gasteiger partial charge >= 0.3 is 6.09 Å². The predicted molar refractivity (Wildman–Crippen MR) is 114 cm³/mol. The Morgan fingerprint density at radius 3 is 2.33 bits per heavy atom. The van der Waals surface area contributed by atoms with Gasteiger partial charge in [0.25, 0.3) is 0 Å². The van der Waals surface area contributed by atoms with Crippen molar-refractivity contribution in [3.05, 3.63) is 23.8 Å². The molecule has 2 aliphatic heterocycles. The summed E-state index contributed by atoms with van der Waals surface area (Å²) >= 11 is 0. The van der Waals surface area contributed by atoms with Crippen LogP contribution in [0.4, 0.5) is 4.79 Å². The Morgan fingerprint density at radius 2 is 1.73 bits per heavy atom. The van der Waals surface area contributed by atoms with E-state index >= 15 is 0 Å². The van der Waals surface area contributed by atoms with E-state index in [-0.39, 0.29) is 29.9 Å². The third kappa shape index (κ3) is 5.58. The third-order valence-corrected chi connectivity index (χ3v) is 5.41. The van der Waals surface area contributed by atoms with Crippen LogP contribution in [0.2, 0.25) is 0 Å². The molecule has 1 aromatic rings. The Labute approximate surface area is 179 Å². The Morgan fingerprint density at radius 1 is 1.10 bits per heavy atom. The maximum atomic E-state index is 13.0. The van der Waals surface area contributed by atoms with Gasteiger partial charge in [0.05, 0.1) is 6.04 Å². The van der Waals surface area contributed by atoms with Crippen molar-refractivity contribution < 1.29 is 23.8 Å². The summed E-state index contributed by atoms with van der Waals surface area (Å²) in [5.74, 6) is 1.62. The van der Waals surface area contributed by atoms with E-state index in [1.807, 2.05) is 39.0 Å². The zero-order chi connectivity index (χ0) is 21.9. The molecule has 0 saturated carbocycles. The summed E-state index contributed by atoms with van der Waals surface area (Å²) in [6.45, 7) is 11.9. The van der Waals surface area contributed by atoms with Gasteiger partial charge in [0.15, 0.2) is 11.5 Å². The lowest BCUT2D eigenvalue weighted by Crippen LogP contribution is -2.45. The van der Waals surface area contributed by atoms with Crippen LogP contribution in [0.1, 0.15) is 59.1 Å². The molecule has 2 heterocycles. The van der Waals surface area contributed by atoms with Gasteiger partial charge in [-0.25, -0.2) is 4.79 Å². The highest BCUT2D eigenvalue weighted by Gasteiger charge is 2.31. The zero-order valence-electron chi connectivity index (χ0n) is 18.7. The molecule has 0 radical (unpaired) electrons. The molecule has 2 amide bonds. The van der Waals surface area contributed by atoms with Crippen molar-refractivity contribution >= 4 is 12.0 Å². The van der Waals surface area contributed by atoms with E-state index in [9.17, 15) is 9.59 Å². The fraction of sp³-hybridized carbons (Fsp3) is 0.652. The van der Waals surface area contributed by atoms with E-state index in [4.69, 9.17) is 14.2 Å². The largest absolute Gasteiger partial charge is 0.486 e. The van der Waals surface area contributed by atoms with Gasteiger partial charge in [-0.2, -0.15) is 0 Å². The lowest BCUT2D eigenvalue weighted by molar-refractivity contribution is -0.127. The highest BCUT2D eigenvalue weighted by atomic mass is 16.6. The molecule has 0 unspecified atom stereocenters. The molecule has 2 aliphatic rings. The van der Waals surface area contributed by atoms with Crippen molar-refractivity contribution in [2.45, 2.75) is 59.1 Å². The van der Waals surface area contributed by atoms with Gasteiger partial charge in [-0.3, -0.25) is 4.79 Å². The number of piperidine rings is 1. The van der Waals surface area contributed by atoms with Gasteiger partial charge in [-0.1, -0.05) is 19.9 Å². The lowest BCUT2D eigenvalue weighted by Gasteiger charge is -2.34. The number of amides is 2. The Balaban J connectivity index is 1.59. The van der Waals surface area contributed by atoms with Crippen LogP contribution < -0.4 is 14.8 Å². The summed E-state index contributed by atoms with van der Waals surface area (Å²) in [4.78, 5) is 26.9. The highest BCUT2D eigenvalue weighted by Crippen LogP contribution is 2.34. The van der Waals surface area contributed by atoms with E-state index in [1.165, 1.54) is 0 Å². The molecule has 1 atom stereocenters. The quantitative estimate of drug-likeness (QED) is 0.802. The number of hydrogen-bond acceptors (Lipinski definition) is 5. The SMILES string of the molecule is CC(C)[C@H](NC(=O)C1CCN(C(=O)OC(C)(C)C)CC1)c1ccc2c(c1)OCCO2. The number of rotatable bonds is 4. The number of likely N-dealkylation sites (tertiary alicyclic amines) is 1. The van der Waals surface area contributed by atoms with Crippen molar-refractivity contribution in [2.24, 2.45) is 11.8 Å². The molecule has 1 aromatic carbocycles. The van der Waals surface area contributed by atoms with E-state index in [1.54, 1.807) is 4.90 Å². The minimum Gasteiger partial charge on any atom is -0.486 e. The molecule has 1 N–H and O–H groups in total. The van der Waals surface area contributed by atoms with Crippen molar-refractivity contribution in [3.8, 4) is 11.5 Å². The minimum atomic E-state index is -0.514. The summed E-state index contributed by atoms with van der Waals surface area (Å²) in [7, 11) is 0. The summed E-state index contributed by atoms with van der Waals surface area (Å²) in [5, 5.41) is 3.22. The third-order valence-electron chi connectivity index (χ3n) is 5.41. The number of ether oxygens (including phenoxy) is 3. The van der Waals surface area contributed by atoms with Gasteiger partial charge in [-0.05, 0) is 57.2 Å². The second kappa shape index (κ2) is 9.14. The number of nitrogens with zero attached hydrogens (tertiary/aromatic N) is 1. The number of fused-ring (bicyclic) bond motifs is 1. The molecule has 0 bridgehead atoms. The summed E-state index contributed by atoms with van der Waals surface area (Å²) in [5.41, 5.74) is 0.494. The first-order chi connectivity index (χ1) is 14.1. The Kier molecular flexibility index (Phi) is 6.78. The first kappa shape index (κ1) is 22.2. The number of carbonyl (C=O) groups excluding carboxylic acids is 2. The van der Waals surface area contributed by atoms with Crippen LogP contribution >= 0.6 is 0 Å². The van der Waals surface area contributed by atoms with E-state index in [2.05, 4.69) is 19.2 Å². The number of carbonyl (C=O) groups is 2. The lowest BCUT2D eigenvalue weighted by atomic mass is 9.92. The Bertz CT molecular complexity index is 763. The maximum Gasteiger partial charge on any atom is 0.410 e. The molecular weight excluding hydrogens is 384 g/mol. The van der Waals surface area contributed by atoms with Crippen molar-refractivity contribution in [1.29, 1.82) is 0 Å². The molecule has 1 fully saturated rings. The van der Waals surface area contributed by atoms with Gasteiger partial charge in [0.1, 0.15) is 18.8 Å². The van der Waals surface area contributed by atoms with Crippen LogP contribution in [0.5, 0.6) is 11.5 Å². The predicted octanol–water partition coefficient (Wildman–Crippen LogP) is 3.92. The first-order valence-corrected chi connectivity index (χ1v) is 10.8. The molecule has 0 aromatic heterocycles. The summed E-state index contributed by atoms with van der Waals surface area (Å²) < 4.78 is 16.7. The summed E-state index contributed by atoms with van der Waals surface area (Å²) in [6.07, 6.45) is 0.964. The number of hydrogen-bond donors (Lipinski definition) is 1. The smallest absolute Gasteiger partial charge is 0.410 e. The van der Waals surface area contributed by atoms with Crippen molar-refractivity contribution in [1.82, 2.24) is 10.2 Å². The zero-order valence-corrected chi connectivity index (χ0v) is 18.7. The van der Waals surface area contributed by atoms with Crippen LogP contribution in [0.25, 0.3) is 0 Å². The van der Waals surface area contributed by atoms with E-state index in [0.717, 1.165) is 17.1 Å². The molecule has 30 heavy (non-hydrogen) atoms. The molecule has 7 nitrogen and oxygen atoms in total. The van der Waals surface area contributed by atoms with Crippen LogP contribution in [0, 0.1) is 11.8 Å². The van der Waals surface area contributed by atoms with Crippen LogP contribution in [0.3, 0.4) is 0 Å². The van der Waals surface area contributed by atoms with Gasteiger partial charge in [0, 0.05) is 19.0 Å². The first-order valence-electron chi connectivity index (χ1n) is 10.8. The number of nitrogens with one attached hydrogen (secondary N) is 1. The molecule has 0 aliphatic carbocycles. The second-order valence-electron chi connectivity index (χ2n) is 9.38. The van der Waals surface area contributed by atoms with E-state index < -0.39 is 5.60 Å². The molecule has 3 rings (SSSR count). The van der Waals surface area contributed by atoms with Crippen molar-refractivity contribution in [3.63, 3.8) is 0 Å². The molecule has 7 heteroatoms. The number of benzene rings is 1. The maximum absolute atomic E-state index is 13.0. The second-order valence-corrected chi connectivity index (χ2v) is 9.38. The minimum absolute atomic E-state index is 0.0347. The average molecular weight is 419 g/mol. The van der Waals surface area contributed by atoms with Gasteiger partial charge < -0.3 is 24.4 Å². The normalized spacial score (nSPS) is 18.1. The molecule has 1 saturated heterocycles. The molecule has 166 valence electrons. The van der Waals surface area contributed by atoms with Crippen LogP contribution in [0.15, 0.2) is 18.2 Å². The standard InChI is InChI=1S/C23H34N2O5/c1-15(2)20(17-6-7-18-19(14-17)29-13-12-28-18)24-21(26)16-8-10-25(11-9-16)22(27)30-23(3,4)5/h6-7,14-16,20H,8-13H2,1-5H3,(H,24,26)/t20-/m0/s1. The fourth-order valence-corrected chi connectivity index (χ4v) is 3.81. The van der Waals surface area contributed by atoms with Crippen molar-refractivity contribution in [2.75, 3.05) is 26.3 Å². The fourth-order valence-electron chi connectivity index (χ4n) is 3.81. The topological polar surface area (TPSA) is 77.1 Å². The van der Waals surface area contributed by atoms with E-state index in [0.29, 0.717) is 39.1 Å². The molecule has 0 spiro atoms. The van der Waals surface area contributed by atoms with Gasteiger partial charge in [-0.15, -0.1) is 0 Å².